The Labute approximate surface area is 90.5 Å². The molecule has 0 aliphatic carbocycles. The molecule has 2 aromatic rings. The van der Waals surface area contributed by atoms with Gasteiger partial charge in [0.05, 0.1) is 16.8 Å². The van der Waals surface area contributed by atoms with E-state index in [9.17, 15) is 4.79 Å². The molecule has 0 fully saturated rings. The highest BCUT2D eigenvalue weighted by Gasteiger charge is 2.11. The van der Waals surface area contributed by atoms with Gasteiger partial charge in [0.1, 0.15) is 0 Å². The van der Waals surface area contributed by atoms with Crippen LogP contribution in [0.3, 0.4) is 0 Å². The van der Waals surface area contributed by atoms with Gasteiger partial charge in [-0.1, -0.05) is 6.07 Å². The maximum absolute atomic E-state index is 11.7. The third-order valence-electron chi connectivity index (χ3n) is 1.94. The molecule has 0 atom stereocenters. The lowest BCUT2D eigenvalue weighted by Crippen LogP contribution is -2.14. The van der Waals surface area contributed by atoms with Crippen LogP contribution in [-0.4, -0.2) is 15.7 Å². The van der Waals surface area contributed by atoms with Crippen LogP contribution in [0.15, 0.2) is 23.7 Å². The van der Waals surface area contributed by atoms with Crippen LogP contribution in [-0.2, 0) is 7.05 Å². The van der Waals surface area contributed by atoms with E-state index in [0.29, 0.717) is 16.4 Å². The minimum Gasteiger partial charge on any atom is -0.394 e. The number of nitrogens with one attached hydrogen (secondary N) is 1. The summed E-state index contributed by atoms with van der Waals surface area (Å²) in [4.78, 5) is 12.3. The van der Waals surface area contributed by atoms with Gasteiger partial charge in [0.2, 0.25) is 0 Å². The van der Waals surface area contributed by atoms with Crippen LogP contribution < -0.4 is 11.1 Å². The summed E-state index contributed by atoms with van der Waals surface area (Å²) in [6, 6.07) is 3.58. The summed E-state index contributed by atoms with van der Waals surface area (Å²) < 4.78 is 1.53. The average Bonchev–Trinajstić information content (AvgIpc) is 2.82. The van der Waals surface area contributed by atoms with Crippen molar-refractivity contribution in [2.24, 2.45) is 7.05 Å². The topological polar surface area (TPSA) is 72.9 Å². The summed E-state index contributed by atoms with van der Waals surface area (Å²) >= 11 is 1.38. The van der Waals surface area contributed by atoms with E-state index in [4.69, 9.17) is 5.73 Å². The van der Waals surface area contributed by atoms with Crippen molar-refractivity contribution in [3.05, 3.63) is 28.6 Å². The fourth-order valence-corrected chi connectivity index (χ4v) is 1.80. The molecule has 0 saturated heterocycles. The number of thiophene rings is 1. The first-order valence-corrected chi connectivity index (χ1v) is 5.19. The third kappa shape index (κ3) is 1.84. The van der Waals surface area contributed by atoms with Crippen molar-refractivity contribution in [2.75, 3.05) is 11.1 Å². The molecule has 0 unspecified atom stereocenters. The highest BCUT2D eigenvalue weighted by Crippen LogP contribution is 2.18. The SMILES string of the molecule is Cn1ncc(N)c1NC(=O)c1cccs1. The first-order chi connectivity index (χ1) is 7.18. The van der Waals surface area contributed by atoms with Gasteiger partial charge in [-0.2, -0.15) is 5.10 Å². The van der Waals surface area contributed by atoms with E-state index in [1.807, 2.05) is 11.4 Å². The first-order valence-electron chi connectivity index (χ1n) is 4.31. The number of nitrogens with two attached hydrogens (primary N) is 1. The molecule has 2 aromatic heterocycles. The number of anilines is 2. The van der Waals surface area contributed by atoms with Gasteiger partial charge in [0.25, 0.3) is 5.91 Å². The summed E-state index contributed by atoms with van der Waals surface area (Å²) in [6.45, 7) is 0. The Hall–Kier alpha value is -1.82. The van der Waals surface area contributed by atoms with E-state index in [2.05, 4.69) is 10.4 Å². The molecule has 0 bridgehead atoms. The second-order valence-corrected chi connectivity index (χ2v) is 3.95. The number of nitrogens with zero attached hydrogens (tertiary/aromatic N) is 2. The number of rotatable bonds is 2. The minimum atomic E-state index is -0.166. The number of aromatic nitrogens is 2. The number of carbonyl (C=O) groups is 1. The number of hydrogen-bond donors (Lipinski definition) is 2. The third-order valence-corrected chi connectivity index (χ3v) is 2.81. The maximum atomic E-state index is 11.7. The van der Waals surface area contributed by atoms with Crippen molar-refractivity contribution in [2.45, 2.75) is 0 Å². The molecule has 5 nitrogen and oxygen atoms in total. The molecular formula is C9H10N4OS. The average molecular weight is 222 g/mol. The maximum Gasteiger partial charge on any atom is 0.266 e. The molecule has 78 valence electrons. The highest BCUT2D eigenvalue weighted by molar-refractivity contribution is 7.12. The van der Waals surface area contributed by atoms with Gasteiger partial charge in [-0.25, -0.2) is 0 Å². The summed E-state index contributed by atoms with van der Waals surface area (Å²) in [5.74, 6) is 0.355. The first kappa shape index (κ1) is 9.72. The van der Waals surface area contributed by atoms with Crippen LogP contribution in [0.2, 0.25) is 0 Å². The monoisotopic (exact) mass is 222 g/mol. The molecule has 3 N–H and O–H groups in total. The fraction of sp³-hybridized carbons (Fsp3) is 0.111. The lowest BCUT2D eigenvalue weighted by molar-refractivity contribution is 0.102. The molecule has 0 radical (unpaired) electrons. The normalized spacial score (nSPS) is 10.2. The van der Waals surface area contributed by atoms with Crippen molar-refractivity contribution < 1.29 is 4.79 Å². The van der Waals surface area contributed by atoms with E-state index in [-0.39, 0.29) is 5.91 Å². The van der Waals surface area contributed by atoms with Crippen LogP contribution >= 0.6 is 11.3 Å². The van der Waals surface area contributed by atoms with Gasteiger partial charge < -0.3 is 11.1 Å². The highest BCUT2D eigenvalue weighted by atomic mass is 32.1. The smallest absolute Gasteiger partial charge is 0.266 e. The number of carbonyl (C=O) groups excluding carboxylic acids is 1. The van der Waals surface area contributed by atoms with Crippen molar-refractivity contribution in [1.82, 2.24) is 9.78 Å². The van der Waals surface area contributed by atoms with Crippen molar-refractivity contribution in [1.29, 1.82) is 0 Å². The quantitative estimate of drug-likeness (QED) is 0.804. The predicted octanol–water partition coefficient (Wildman–Crippen LogP) is 1.32. The van der Waals surface area contributed by atoms with Crippen molar-refractivity contribution in [3.8, 4) is 0 Å². The molecule has 0 saturated carbocycles. The van der Waals surface area contributed by atoms with Gasteiger partial charge >= 0.3 is 0 Å². The Morgan fingerprint density at radius 1 is 1.67 bits per heavy atom. The molecule has 1 amide bonds. The molecular weight excluding hydrogens is 212 g/mol. The second kappa shape index (κ2) is 3.74. The second-order valence-electron chi connectivity index (χ2n) is 3.00. The van der Waals surface area contributed by atoms with Crippen LogP contribution in [0.1, 0.15) is 9.67 Å². The zero-order chi connectivity index (χ0) is 10.8. The lowest BCUT2D eigenvalue weighted by Gasteiger charge is -2.04. The molecule has 2 rings (SSSR count). The largest absolute Gasteiger partial charge is 0.394 e. The fourth-order valence-electron chi connectivity index (χ4n) is 1.18. The van der Waals surface area contributed by atoms with Gasteiger partial charge in [-0.15, -0.1) is 11.3 Å². The summed E-state index contributed by atoms with van der Waals surface area (Å²) in [7, 11) is 1.72. The van der Waals surface area contributed by atoms with Crippen molar-refractivity contribution >= 4 is 28.7 Å². The number of amides is 1. The van der Waals surface area contributed by atoms with Gasteiger partial charge in [0.15, 0.2) is 5.82 Å². The van der Waals surface area contributed by atoms with Gasteiger partial charge in [-0.3, -0.25) is 9.48 Å². The summed E-state index contributed by atoms with van der Waals surface area (Å²) in [5, 5.41) is 8.49. The molecule has 6 heteroatoms. The predicted molar refractivity (Wildman–Crippen MR) is 59.9 cm³/mol. The number of aryl methyl sites for hydroxylation is 1. The van der Waals surface area contributed by atoms with Crippen LogP contribution in [0.25, 0.3) is 0 Å². The van der Waals surface area contributed by atoms with Crippen LogP contribution in [0.4, 0.5) is 11.5 Å². The zero-order valence-electron chi connectivity index (χ0n) is 8.10. The Morgan fingerprint density at radius 2 is 2.47 bits per heavy atom. The Kier molecular flexibility index (Phi) is 2.42. The molecule has 0 spiro atoms. The Morgan fingerprint density at radius 3 is 3.00 bits per heavy atom. The van der Waals surface area contributed by atoms with Gasteiger partial charge in [-0.05, 0) is 11.4 Å². The Bertz CT molecular complexity index is 455. The molecule has 2 heterocycles. The van der Waals surface area contributed by atoms with E-state index in [0.717, 1.165) is 0 Å². The lowest BCUT2D eigenvalue weighted by atomic mass is 10.4. The molecule has 0 aromatic carbocycles. The van der Waals surface area contributed by atoms with Crippen LogP contribution in [0, 0.1) is 0 Å². The zero-order valence-corrected chi connectivity index (χ0v) is 8.91. The minimum absolute atomic E-state index is 0.166. The van der Waals surface area contributed by atoms with Gasteiger partial charge in [0, 0.05) is 7.05 Å². The molecule has 0 aliphatic heterocycles. The van der Waals surface area contributed by atoms with E-state index in [1.54, 1.807) is 13.1 Å². The van der Waals surface area contributed by atoms with Crippen molar-refractivity contribution in [3.63, 3.8) is 0 Å². The summed E-state index contributed by atoms with van der Waals surface area (Å²) in [5.41, 5.74) is 6.11. The van der Waals surface area contributed by atoms with E-state index >= 15 is 0 Å². The molecule has 15 heavy (non-hydrogen) atoms. The molecule has 0 aliphatic rings. The number of hydrogen-bond acceptors (Lipinski definition) is 4. The number of nitrogen functional groups attached to an aromatic ring is 1. The Balaban J connectivity index is 2.20. The summed E-state index contributed by atoms with van der Waals surface area (Å²) in [6.07, 6.45) is 1.50. The van der Waals surface area contributed by atoms with E-state index < -0.39 is 0 Å². The van der Waals surface area contributed by atoms with Crippen LogP contribution in [0.5, 0.6) is 0 Å². The van der Waals surface area contributed by atoms with E-state index in [1.165, 1.54) is 22.2 Å². The standard InChI is InChI=1S/C9H10N4OS/c1-13-8(6(10)5-11-13)12-9(14)7-3-2-4-15-7/h2-5H,10H2,1H3,(H,12,14).